The average Bonchev–Trinajstić information content (AvgIpc) is 2.51. The molecule has 0 bridgehead atoms. The van der Waals surface area contributed by atoms with Crippen LogP contribution in [0.2, 0.25) is 0 Å². The second-order valence-corrected chi connectivity index (χ2v) is 7.63. The van der Waals surface area contributed by atoms with Gasteiger partial charge >= 0.3 is 0 Å². The molecule has 4 heteroatoms. The Morgan fingerprint density at radius 2 is 1.75 bits per heavy atom. The molecule has 1 aromatic rings. The van der Waals surface area contributed by atoms with Crippen LogP contribution in [0.4, 0.5) is 0 Å². The molecular weight excluding hydrogens is 296 g/mol. The van der Waals surface area contributed by atoms with Crippen LogP contribution in [0.1, 0.15) is 60.1 Å². The van der Waals surface area contributed by atoms with Gasteiger partial charge in [0.25, 0.3) is 0 Å². The largest absolute Gasteiger partial charge is 0.298 e. The van der Waals surface area contributed by atoms with E-state index in [1.54, 1.807) is 6.20 Å². The van der Waals surface area contributed by atoms with Crippen molar-refractivity contribution in [2.75, 3.05) is 6.54 Å². The van der Waals surface area contributed by atoms with Crippen LogP contribution in [0.25, 0.3) is 0 Å². The van der Waals surface area contributed by atoms with Crippen molar-refractivity contribution >= 4 is 0 Å². The maximum Gasteiger partial charge on any atom is 0.106 e. The van der Waals surface area contributed by atoms with Gasteiger partial charge in [-0.1, -0.05) is 19.9 Å². The Morgan fingerprint density at radius 3 is 2.17 bits per heavy atom. The van der Waals surface area contributed by atoms with Crippen molar-refractivity contribution in [1.29, 1.82) is 10.5 Å². The minimum Gasteiger partial charge on any atom is -0.298 e. The standard InChI is InChI=1S/C20H30N4/c1-16(2)24(17(3)4)14-11-20(15-22,19(5,6)10-12-21)18-9-7-8-13-23-18/h7-9,13,16-17H,10-11,14H2,1-6H3. The summed E-state index contributed by atoms with van der Waals surface area (Å²) in [6.45, 7) is 13.5. The Kier molecular flexibility index (Phi) is 6.93. The molecule has 0 N–H and O–H groups in total. The van der Waals surface area contributed by atoms with Crippen LogP contribution in [-0.4, -0.2) is 28.5 Å². The summed E-state index contributed by atoms with van der Waals surface area (Å²) in [6, 6.07) is 11.3. The first kappa shape index (κ1) is 20.1. The summed E-state index contributed by atoms with van der Waals surface area (Å²) in [5, 5.41) is 19.4. The molecule has 1 heterocycles. The number of hydrogen-bond acceptors (Lipinski definition) is 4. The van der Waals surface area contributed by atoms with Crippen molar-refractivity contribution in [3.05, 3.63) is 30.1 Å². The monoisotopic (exact) mass is 326 g/mol. The first-order chi connectivity index (χ1) is 11.2. The summed E-state index contributed by atoms with van der Waals surface area (Å²) < 4.78 is 0. The molecule has 0 saturated heterocycles. The molecule has 4 nitrogen and oxygen atoms in total. The second kappa shape index (κ2) is 8.27. The SMILES string of the molecule is CC(C)N(CCC(C#N)(c1ccccn1)C(C)(C)CC#N)C(C)C. The third-order valence-electron chi connectivity index (χ3n) is 5.04. The lowest BCUT2D eigenvalue weighted by Crippen LogP contribution is -2.46. The molecule has 130 valence electrons. The maximum absolute atomic E-state index is 10.2. The maximum atomic E-state index is 10.2. The molecule has 0 saturated carbocycles. The van der Waals surface area contributed by atoms with Crippen molar-refractivity contribution in [2.24, 2.45) is 5.41 Å². The number of aromatic nitrogens is 1. The lowest BCUT2D eigenvalue weighted by atomic mass is 9.61. The third-order valence-corrected chi connectivity index (χ3v) is 5.04. The first-order valence-electron chi connectivity index (χ1n) is 8.67. The van der Waals surface area contributed by atoms with Crippen LogP contribution in [0.15, 0.2) is 24.4 Å². The predicted octanol–water partition coefficient (Wildman–Crippen LogP) is 4.29. The first-order valence-corrected chi connectivity index (χ1v) is 8.67. The molecule has 0 fully saturated rings. The van der Waals surface area contributed by atoms with E-state index in [1.165, 1.54) is 0 Å². The summed E-state index contributed by atoms with van der Waals surface area (Å²) in [4.78, 5) is 6.87. The van der Waals surface area contributed by atoms with Crippen molar-refractivity contribution in [3.63, 3.8) is 0 Å². The van der Waals surface area contributed by atoms with Crippen LogP contribution in [-0.2, 0) is 5.41 Å². The topological polar surface area (TPSA) is 63.7 Å². The van der Waals surface area contributed by atoms with Gasteiger partial charge in [0.2, 0.25) is 0 Å². The molecule has 1 atom stereocenters. The Balaban J connectivity index is 3.29. The zero-order valence-electron chi connectivity index (χ0n) is 15.9. The van der Waals surface area contributed by atoms with Crippen molar-refractivity contribution in [2.45, 2.75) is 71.9 Å². The molecule has 1 aromatic heterocycles. The molecule has 24 heavy (non-hydrogen) atoms. The van der Waals surface area contributed by atoms with Gasteiger partial charge in [-0.2, -0.15) is 10.5 Å². The van der Waals surface area contributed by atoms with Gasteiger partial charge in [-0.15, -0.1) is 0 Å². The molecule has 1 rings (SSSR count). The fraction of sp³-hybridized carbons (Fsp3) is 0.650. The number of hydrogen-bond donors (Lipinski definition) is 0. The molecular formula is C20H30N4. The smallest absolute Gasteiger partial charge is 0.106 e. The van der Waals surface area contributed by atoms with Gasteiger partial charge in [-0.25, -0.2) is 0 Å². The quantitative estimate of drug-likeness (QED) is 0.715. The van der Waals surface area contributed by atoms with E-state index in [4.69, 9.17) is 0 Å². The molecule has 1 unspecified atom stereocenters. The number of nitriles is 2. The van der Waals surface area contributed by atoms with Crippen LogP contribution in [0.3, 0.4) is 0 Å². The fourth-order valence-corrected chi connectivity index (χ4v) is 3.45. The highest BCUT2D eigenvalue weighted by molar-refractivity contribution is 5.31. The minimum atomic E-state index is -0.786. The van der Waals surface area contributed by atoms with Gasteiger partial charge in [0.05, 0.1) is 17.8 Å². The van der Waals surface area contributed by atoms with Gasteiger partial charge < -0.3 is 0 Å². The van der Waals surface area contributed by atoms with Crippen LogP contribution >= 0.6 is 0 Å². The summed E-state index contributed by atoms with van der Waals surface area (Å²) in [6.07, 6.45) is 2.71. The average molecular weight is 326 g/mol. The second-order valence-electron chi connectivity index (χ2n) is 7.63. The summed E-state index contributed by atoms with van der Waals surface area (Å²) in [5.74, 6) is 0. The fourth-order valence-electron chi connectivity index (χ4n) is 3.45. The zero-order valence-corrected chi connectivity index (χ0v) is 15.9. The minimum absolute atomic E-state index is 0.320. The Bertz CT molecular complexity index is 584. The molecule has 0 aliphatic carbocycles. The van der Waals surface area contributed by atoms with Crippen molar-refractivity contribution in [3.8, 4) is 12.1 Å². The highest BCUT2D eigenvalue weighted by Gasteiger charge is 2.48. The molecule has 0 spiro atoms. The van der Waals surface area contributed by atoms with Gasteiger partial charge in [0, 0.05) is 36.7 Å². The lowest BCUT2D eigenvalue weighted by molar-refractivity contribution is 0.128. The van der Waals surface area contributed by atoms with Crippen molar-refractivity contribution < 1.29 is 0 Å². The van der Waals surface area contributed by atoms with E-state index in [-0.39, 0.29) is 0 Å². The van der Waals surface area contributed by atoms with Gasteiger partial charge in [0.15, 0.2) is 0 Å². The van der Waals surface area contributed by atoms with Crippen molar-refractivity contribution in [1.82, 2.24) is 9.88 Å². The van der Waals surface area contributed by atoms with E-state index in [9.17, 15) is 10.5 Å². The normalized spacial score (nSPS) is 14.5. The van der Waals surface area contributed by atoms with Gasteiger partial charge in [-0.05, 0) is 46.2 Å². The van der Waals surface area contributed by atoms with Gasteiger partial charge in [-0.3, -0.25) is 9.88 Å². The number of pyridine rings is 1. The van der Waals surface area contributed by atoms with Gasteiger partial charge in [0.1, 0.15) is 5.41 Å². The molecule has 0 radical (unpaired) electrons. The van der Waals surface area contributed by atoms with E-state index in [0.29, 0.717) is 24.9 Å². The lowest BCUT2D eigenvalue weighted by Gasteiger charge is -2.42. The van der Waals surface area contributed by atoms with E-state index >= 15 is 0 Å². The van der Waals surface area contributed by atoms with Crippen LogP contribution < -0.4 is 0 Å². The third kappa shape index (κ3) is 4.13. The van der Waals surface area contributed by atoms with E-state index in [0.717, 1.165) is 12.2 Å². The van der Waals surface area contributed by atoms with Crippen LogP contribution in [0, 0.1) is 28.1 Å². The number of rotatable bonds is 8. The Morgan fingerprint density at radius 1 is 1.12 bits per heavy atom. The van der Waals surface area contributed by atoms with E-state index in [2.05, 4.69) is 49.7 Å². The molecule has 0 aliphatic rings. The summed E-state index contributed by atoms with van der Waals surface area (Å²) in [7, 11) is 0. The summed E-state index contributed by atoms with van der Waals surface area (Å²) in [5.41, 5.74) is -0.503. The van der Waals surface area contributed by atoms with E-state index < -0.39 is 10.8 Å². The zero-order chi connectivity index (χ0) is 18.4. The number of nitrogens with zero attached hydrogens (tertiary/aromatic N) is 4. The molecule has 0 aliphatic heterocycles. The summed E-state index contributed by atoms with van der Waals surface area (Å²) >= 11 is 0. The highest BCUT2D eigenvalue weighted by Crippen LogP contribution is 2.45. The molecule has 0 aromatic carbocycles. The highest BCUT2D eigenvalue weighted by atomic mass is 15.2. The molecule has 0 amide bonds. The predicted molar refractivity (Wildman–Crippen MR) is 97.1 cm³/mol. The Labute approximate surface area is 147 Å². The van der Waals surface area contributed by atoms with E-state index in [1.807, 2.05) is 32.0 Å². The van der Waals surface area contributed by atoms with Crippen LogP contribution in [0.5, 0.6) is 0 Å². The Hall–Kier alpha value is -1.91.